The molecule has 13 heavy (non-hydrogen) atoms. The molecule has 0 amide bonds. The smallest absolute Gasteiger partial charge is 0.119 e. The van der Waals surface area contributed by atoms with Gasteiger partial charge in [0.2, 0.25) is 0 Å². The Morgan fingerprint density at radius 2 is 2.00 bits per heavy atom. The van der Waals surface area contributed by atoms with Crippen molar-refractivity contribution >= 4 is 15.9 Å². The van der Waals surface area contributed by atoms with E-state index in [1.807, 2.05) is 24.3 Å². The Morgan fingerprint density at radius 3 is 2.54 bits per heavy atom. The lowest BCUT2D eigenvalue weighted by molar-refractivity contribution is 0.114. The van der Waals surface area contributed by atoms with E-state index in [4.69, 9.17) is 15.6 Å². The van der Waals surface area contributed by atoms with Crippen molar-refractivity contribution in [2.75, 3.05) is 13.2 Å². The highest BCUT2D eigenvalue weighted by Crippen LogP contribution is 2.15. The molecule has 1 aromatic rings. The fourth-order valence-corrected chi connectivity index (χ4v) is 1.06. The zero-order chi connectivity index (χ0) is 9.68. The largest absolute Gasteiger partial charge is 0.491 e. The summed E-state index contributed by atoms with van der Waals surface area (Å²) in [6.45, 7) is 0.453. The Labute approximate surface area is 85.6 Å². The van der Waals surface area contributed by atoms with E-state index in [1.165, 1.54) is 0 Å². The quantitative estimate of drug-likeness (QED) is 0.837. The van der Waals surface area contributed by atoms with E-state index in [9.17, 15) is 0 Å². The SMILES string of the molecule is NC[C@H](O)COc1ccc(Br)cc1. The van der Waals surface area contributed by atoms with Gasteiger partial charge in [0.05, 0.1) is 0 Å². The molecule has 3 nitrogen and oxygen atoms in total. The molecule has 4 heteroatoms. The minimum Gasteiger partial charge on any atom is -0.491 e. The fraction of sp³-hybridized carbons (Fsp3) is 0.333. The summed E-state index contributed by atoms with van der Waals surface area (Å²) in [5, 5.41) is 9.11. The standard InChI is InChI=1S/C9H12BrNO2/c10-7-1-3-9(4-2-7)13-6-8(12)5-11/h1-4,8,12H,5-6,11H2/t8-/m0/s1. The molecule has 72 valence electrons. The molecule has 0 saturated heterocycles. The first kappa shape index (κ1) is 10.5. The maximum Gasteiger partial charge on any atom is 0.119 e. The zero-order valence-electron chi connectivity index (χ0n) is 7.11. The third-order valence-electron chi connectivity index (χ3n) is 1.53. The van der Waals surface area contributed by atoms with Crippen LogP contribution in [0.25, 0.3) is 0 Å². The summed E-state index contributed by atoms with van der Waals surface area (Å²) in [7, 11) is 0. The highest BCUT2D eigenvalue weighted by molar-refractivity contribution is 9.10. The molecule has 0 aliphatic rings. The molecule has 0 fully saturated rings. The van der Waals surface area contributed by atoms with Crippen LogP contribution in [0.1, 0.15) is 0 Å². The van der Waals surface area contributed by atoms with Crippen LogP contribution in [0.4, 0.5) is 0 Å². The number of aliphatic hydroxyl groups excluding tert-OH is 1. The summed E-state index contributed by atoms with van der Waals surface area (Å²) < 4.78 is 6.26. The van der Waals surface area contributed by atoms with E-state index < -0.39 is 6.10 Å². The van der Waals surface area contributed by atoms with E-state index in [0.717, 1.165) is 10.2 Å². The van der Waals surface area contributed by atoms with Gasteiger partial charge in [0.25, 0.3) is 0 Å². The van der Waals surface area contributed by atoms with E-state index in [2.05, 4.69) is 15.9 Å². The molecular formula is C9H12BrNO2. The lowest BCUT2D eigenvalue weighted by Gasteiger charge is -2.09. The maximum absolute atomic E-state index is 9.11. The van der Waals surface area contributed by atoms with Gasteiger partial charge in [-0.25, -0.2) is 0 Å². The normalized spacial score (nSPS) is 12.5. The van der Waals surface area contributed by atoms with E-state index in [1.54, 1.807) is 0 Å². The van der Waals surface area contributed by atoms with Crippen LogP contribution in [0.2, 0.25) is 0 Å². The summed E-state index contributed by atoms with van der Waals surface area (Å²) in [6.07, 6.45) is -0.594. The average molecular weight is 246 g/mol. The van der Waals surface area contributed by atoms with Crippen molar-refractivity contribution < 1.29 is 9.84 Å². The fourth-order valence-electron chi connectivity index (χ4n) is 0.791. The molecule has 0 saturated carbocycles. The van der Waals surface area contributed by atoms with Gasteiger partial charge < -0.3 is 15.6 Å². The van der Waals surface area contributed by atoms with Crippen LogP contribution < -0.4 is 10.5 Å². The Morgan fingerprint density at radius 1 is 1.38 bits per heavy atom. The number of hydrogen-bond acceptors (Lipinski definition) is 3. The molecule has 1 aromatic carbocycles. The van der Waals surface area contributed by atoms with Crippen LogP contribution in [0, 0.1) is 0 Å². The number of benzene rings is 1. The van der Waals surface area contributed by atoms with Gasteiger partial charge >= 0.3 is 0 Å². The van der Waals surface area contributed by atoms with Crippen LogP contribution in [0.15, 0.2) is 28.7 Å². The molecule has 3 N–H and O–H groups in total. The molecule has 0 radical (unpaired) electrons. The van der Waals surface area contributed by atoms with Gasteiger partial charge in [0, 0.05) is 11.0 Å². The molecule has 0 bridgehead atoms. The van der Waals surface area contributed by atoms with Crippen molar-refractivity contribution in [3.8, 4) is 5.75 Å². The molecule has 0 heterocycles. The first-order valence-electron chi connectivity index (χ1n) is 3.99. The number of ether oxygens (including phenoxy) is 1. The lowest BCUT2D eigenvalue weighted by atomic mass is 10.3. The Balaban J connectivity index is 2.41. The number of halogens is 1. The topological polar surface area (TPSA) is 55.5 Å². The lowest BCUT2D eigenvalue weighted by Crippen LogP contribution is -2.26. The van der Waals surface area contributed by atoms with E-state index >= 15 is 0 Å². The number of rotatable bonds is 4. The first-order valence-corrected chi connectivity index (χ1v) is 4.78. The van der Waals surface area contributed by atoms with Gasteiger partial charge in [0.1, 0.15) is 18.5 Å². The average Bonchev–Trinajstić information content (AvgIpc) is 2.16. The first-order chi connectivity index (χ1) is 6.22. The summed E-state index contributed by atoms with van der Waals surface area (Å²) in [5.74, 6) is 0.732. The molecule has 0 aromatic heterocycles. The number of hydrogen-bond donors (Lipinski definition) is 2. The van der Waals surface area contributed by atoms with Crippen molar-refractivity contribution in [3.05, 3.63) is 28.7 Å². The Hall–Kier alpha value is -0.580. The van der Waals surface area contributed by atoms with Gasteiger partial charge in [-0.1, -0.05) is 15.9 Å². The predicted octanol–water partition coefficient (Wildman–Crippen LogP) is 1.15. The molecule has 0 aliphatic heterocycles. The monoisotopic (exact) mass is 245 g/mol. The van der Waals surface area contributed by atoms with Crippen molar-refractivity contribution in [2.24, 2.45) is 5.73 Å². The van der Waals surface area contributed by atoms with Crippen LogP contribution in [0.5, 0.6) is 5.75 Å². The highest BCUT2D eigenvalue weighted by Gasteiger charge is 2.01. The second-order valence-electron chi connectivity index (χ2n) is 2.65. The molecule has 1 atom stereocenters. The summed E-state index contributed by atoms with van der Waals surface area (Å²) in [4.78, 5) is 0. The van der Waals surface area contributed by atoms with Crippen LogP contribution in [-0.2, 0) is 0 Å². The van der Waals surface area contributed by atoms with E-state index in [0.29, 0.717) is 0 Å². The number of nitrogens with two attached hydrogens (primary N) is 1. The molecule has 0 aliphatic carbocycles. The second kappa shape index (κ2) is 5.21. The van der Waals surface area contributed by atoms with Crippen LogP contribution in [0.3, 0.4) is 0 Å². The Bertz CT molecular complexity index is 250. The van der Waals surface area contributed by atoms with Gasteiger partial charge in [0.15, 0.2) is 0 Å². The van der Waals surface area contributed by atoms with E-state index in [-0.39, 0.29) is 13.2 Å². The minimum absolute atomic E-state index is 0.219. The summed E-state index contributed by atoms with van der Waals surface area (Å²) in [5.41, 5.74) is 5.22. The Kier molecular flexibility index (Phi) is 4.21. The van der Waals surface area contributed by atoms with Crippen molar-refractivity contribution in [1.29, 1.82) is 0 Å². The maximum atomic E-state index is 9.11. The van der Waals surface area contributed by atoms with Crippen molar-refractivity contribution in [2.45, 2.75) is 6.10 Å². The summed E-state index contributed by atoms with van der Waals surface area (Å²) >= 11 is 3.31. The molecule has 0 unspecified atom stereocenters. The number of aliphatic hydroxyl groups is 1. The third-order valence-corrected chi connectivity index (χ3v) is 2.06. The highest BCUT2D eigenvalue weighted by atomic mass is 79.9. The summed E-state index contributed by atoms with van der Waals surface area (Å²) in [6, 6.07) is 7.41. The second-order valence-corrected chi connectivity index (χ2v) is 3.57. The van der Waals surface area contributed by atoms with Crippen LogP contribution >= 0.6 is 15.9 Å². The van der Waals surface area contributed by atoms with Crippen molar-refractivity contribution in [1.82, 2.24) is 0 Å². The van der Waals surface area contributed by atoms with Crippen molar-refractivity contribution in [3.63, 3.8) is 0 Å². The molecule has 0 spiro atoms. The minimum atomic E-state index is -0.594. The zero-order valence-corrected chi connectivity index (χ0v) is 8.70. The van der Waals surface area contributed by atoms with Gasteiger partial charge in [-0.3, -0.25) is 0 Å². The predicted molar refractivity (Wildman–Crippen MR) is 54.7 cm³/mol. The van der Waals surface area contributed by atoms with Gasteiger partial charge in [-0.2, -0.15) is 0 Å². The third kappa shape index (κ3) is 3.76. The van der Waals surface area contributed by atoms with Crippen LogP contribution in [-0.4, -0.2) is 24.4 Å². The molecular weight excluding hydrogens is 234 g/mol. The van der Waals surface area contributed by atoms with Gasteiger partial charge in [-0.15, -0.1) is 0 Å². The van der Waals surface area contributed by atoms with Gasteiger partial charge in [-0.05, 0) is 24.3 Å². The molecule has 1 rings (SSSR count).